The maximum Gasteiger partial charge on any atom is 0.224 e. The van der Waals surface area contributed by atoms with E-state index in [9.17, 15) is 0 Å². The molecule has 55 valence electrons. The Morgan fingerprint density at radius 1 is 1.60 bits per heavy atom. The Morgan fingerprint density at radius 2 is 2.50 bits per heavy atom. The van der Waals surface area contributed by atoms with Crippen molar-refractivity contribution in [2.45, 2.75) is 19.3 Å². The van der Waals surface area contributed by atoms with Gasteiger partial charge in [-0.15, -0.1) is 6.42 Å². The van der Waals surface area contributed by atoms with Gasteiger partial charge in [0.25, 0.3) is 0 Å². The fourth-order valence-electron chi connectivity index (χ4n) is 0.866. The quantitative estimate of drug-likeness (QED) is 0.537. The van der Waals surface area contributed by atoms with Gasteiger partial charge in [-0.2, -0.15) is 0 Å². The predicted octanol–water partition coefficient (Wildman–Crippen LogP) is 1.33. The van der Waals surface area contributed by atoms with E-state index >= 15 is 0 Å². The van der Waals surface area contributed by atoms with Gasteiger partial charge in [-0.1, -0.05) is 5.92 Å². The van der Waals surface area contributed by atoms with Crippen LogP contribution in [-0.2, 0) is 9.47 Å². The zero-order valence-corrected chi connectivity index (χ0v) is 5.93. The van der Waals surface area contributed by atoms with Crippen molar-refractivity contribution < 1.29 is 9.47 Å². The Bertz CT molecular complexity index is 120. The number of hydrogen-bond acceptors (Lipinski definition) is 2. The summed E-state index contributed by atoms with van der Waals surface area (Å²) >= 11 is 0. The highest BCUT2D eigenvalue weighted by Gasteiger charge is 2.14. The molecule has 0 amide bonds. The van der Waals surface area contributed by atoms with Gasteiger partial charge in [-0.25, -0.2) is 0 Å². The molecule has 1 saturated heterocycles. The molecule has 1 radical (unpaired) electrons. The van der Waals surface area contributed by atoms with Crippen molar-refractivity contribution in [3.63, 3.8) is 0 Å². The van der Waals surface area contributed by atoms with Crippen LogP contribution in [0.4, 0.5) is 0 Å². The van der Waals surface area contributed by atoms with Crippen LogP contribution in [0.1, 0.15) is 19.3 Å². The van der Waals surface area contributed by atoms with Crippen LogP contribution < -0.4 is 0 Å². The van der Waals surface area contributed by atoms with Crippen molar-refractivity contribution in [1.29, 1.82) is 0 Å². The van der Waals surface area contributed by atoms with Crippen molar-refractivity contribution in [2.75, 3.05) is 13.2 Å². The molecule has 1 heterocycles. The summed E-state index contributed by atoms with van der Waals surface area (Å²) in [5.74, 6) is 2.39. The van der Waals surface area contributed by atoms with E-state index in [1.165, 1.54) is 0 Å². The van der Waals surface area contributed by atoms with Crippen LogP contribution >= 0.6 is 0 Å². The lowest BCUT2D eigenvalue weighted by molar-refractivity contribution is -0.0591. The largest absolute Gasteiger partial charge is 0.345 e. The average Bonchev–Trinajstić information content (AvgIpc) is 2.03. The van der Waals surface area contributed by atoms with Gasteiger partial charge in [0.15, 0.2) is 0 Å². The van der Waals surface area contributed by atoms with Gasteiger partial charge in [0.2, 0.25) is 6.29 Å². The normalized spacial score (nSPS) is 20.3. The van der Waals surface area contributed by atoms with Gasteiger partial charge in [0, 0.05) is 6.42 Å². The van der Waals surface area contributed by atoms with Gasteiger partial charge in [0.1, 0.15) is 6.61 Å². The summed E-state index contributed by atoms with van der Waals surface area (Å²) in [6.07, 6.45) is 8.90. The monoisotopic (exact) mass is 139 g/mol. The lowest BCUT2D eigenvalue weighted by Gasteiger charge is -2.19. The Kier molecular flexibility index (Phi) is 3.28. The van der Waals surface area contributed by atoms with E-state index < -0.39 is 0 Å². The summed E-state index contributed by atoms with van der Waals surface area (Å²) in [5, 5.41) is 0. The van der Waals surface area contributed by atoms with E-state index in [0.29, 0.717) is 12.9 Å². The summed E-state index contributed by atoms with van der Waals surface area (Å²) in [7, 11) is 0. The lowest BCUT2D eigenvalue weighted by atomic mass is 10.2. The molecule has 0 aromatic heterocycles. The summed E-state index contributed by atoms with van der Waals surface area (Å²) in [6.45, 7) is 1.11. The van der Waals surface area contributed by atoms with Crippen molar-refractivity contribution >= 4 is 0 Å². The maximum absolute atomic E-state index is 5.18. The molecule has 0 N–H and O–H groups in total. The molecule has 1 aliphatic heterocycles. The summed E-state index contributed by atoms with van der Waals surface area (Å²) in [4.78, 5) is 0. The van der Waals surface area contributed by atoms with Crippen molar-refractivity contribution in [3.05, 3.63) is 6.29 Å². The van der Waals surface area contributed by atoms with E-state index in [0.717, 1.165) is 25.9 Å². The Balaban J connectivity index is 2.09. The number of terminal acetylenes is 1. The first-order valence-electron chi connectivity index (χ1n) is 3.48. The molecule has 0 unspecified atom stereocenters. The van der Waals surface area contributed by atoms with Crippen LogP contribution in [0.25, 0.3) is 0 Å². The maximum atomic E-state index is 5.18. The number of rotatable bonds is 2. The van der Waals surface area contributed by atoms with Crippen molar-refractivity contribution in [2.24, 2.45) is 0 Å². The summed E-state index contributed by atoms with van der Waals surface area (Å²) in [5.41, 5.74) is 0. The molecule has 0 bridgehead atoms. The predicted molar refractivity (Wildman–Crippen MR) is 37.8 cm³/mol. The highest BCUT2D eigenvalue weighted by atomic mass is 16.7. The molecule has 1 rings (SSSR count). The van der Waals surface area contributed by atoms with Gasteiger partial charge >= 0.3 is 0 Å². The average molecular weight is 139 g/mol. The van der Waals surface area contributed by atoms with E-state index in [1.807, 2.05) is 0 Å². The fourth-order valence-corrected chi connectivity index (χ4v) is 0.866. The van der Waals surface area contributed by atoms with Gasteiger partial charge in [-0.3, -0.25) is 0 Å². The molecule has 10 heavy (non-hydrogen) atoms. The van der Waals surface area contributed by atoms with Crippen molar-refractivity contribution in [3.8, 4) is 12.3 Å². The third kappa shape index (κ3) is 2.38. The Morgan fingerprint density at radius 3 is 3.10 bits per heavy atom. The topological polar surface area (TPSA) is 18.5 Å². The fraction of sp³-hybridized carbons (Fsp3) is 0.625. The van der Waals surface area contributed by atoms with Crippen LogP contribution in [0.2, 0.25) is 0 Å². The van der Waals surface area contributed by atoms with Crippen LogP contribution in [0.15, 0.2) is 0 Å². The second-order valence-electron chi connectivity index (χ2n) is 2.17. The van der Waals surface area contributed by atoms with Crippen LogP contribution in [-0.4, -0.2) is 13.2 Å². The Labute approximate surface area is 61.5 Å². The minimum absolute atomic E-state index is 0.329. The zero-order valence-electron chi connectivity index (χ0n) is 5.93. The van der Waals surface area contributed by atoms with Crippen LogP contribution in [0.3, 0.4) is 0 Å². The minimum atomic E-state index is 0.329. The van der Waals surface area contributed by atoms with Gasteiger partial charge in [-0.05, 0) is 12.8 Å². The SMILES string of the molecule is C#CCO[C]1CCCCO1. The molecule has 0 spiro atoms. The molecule has 1 fully saturated rings. The summed E-state index contributed by atoms with van der Waals surface area (Å²) < 4.78 is 10.3. The van der Waals surface area contributed by atoms with Gasteiger partial charge < -0.3 is 9.47 Å². The smallest absolute Gasteiger partial charge is 0.224 e. The molecule has 2 heteroatoms. The first kappa shape index (κ1) is 7.59. The van der Waals surface area contributed by atoms with Gasteiger partial charge in [0.05, 0.1) is 6.61 Å². The number of ether oxygens (including phenoxy) is 2. The second kappa shape index (κ2) is 4.32. The lowest BCUT2D eigenvalue weighted by Crippen LogP contribution is -2.14. The minimum Gasteiger partial charge on any atom is -0.345 e. The first-order valence-corrected chi connectivity index (χ1v) is 3.48. The third-order valence-corrected chi connectivity index (χ3v) is 1.35. The molecule has 1 aliphatic rings. The first-order chi connectivity index (χ1) is 4.93. The van der Waals surface area contributed by atoms with Crippen LogP contribution in [0, 0.1) is 18.6 Å². The molecular formula is C8H11O2. The highest BCUT2D eigenvalue weighted by molar-refractivity contribution is 4.85. The zero-order chi connectivity index (χ0) is 7.23. The standard InChI is InChI=1S/C8H11O2/c1-2-6-9-8-5-3-4-7-10-8/h1H,3-7H2. The summed E-state index contributed by atoms with van der Waals surface area (Å²) in [6, 6.07) is 0. The third-order valence-electron chi connectivity index (χ3n) is 1.35. The molecule has 0 aliphatic carbocycles. The molecular weight excluding hydrogens is 128 g/mol. The highest BCUT2D eigenvalue weighted by Crippen LogP contribution is 2.19. The van der Waals surface area contributed by atoms with E-state index in [2.05, 4.69) is 5.92 Å². The molecule has 0 atom stereocenters. The molecule has 0 aromatic rings. The van der Waals surface area contributed by atoms with E-state index in [4.69, 9.17) is 15.9 Å². The Hall–Kier alpha value is -0.520. The van der Waals surface area contributed by atoms with E-state index in [1.54, 1.807) is 0 Å². The second-order valence-corrected chi connectivity index (χ2v) is 2.17. The van der Waals surface area contributed by atoms with Crippen LogP contribution in [0.5, 0.6) is 0 Å². The number of hydrogen-bond donors (Lipinski definition) is 0. The van der Waals surface area contributed by atoms with Crippen molar-refractivity contribution in [1.82, 2.24) is 0 Å². The van der Waals surface area contributed by atoms with E-state index in [-0.39, 0.29) is 0 Å². The molecule has 2 nitrogen and oxygen atoms in total. The molecule has 0 saturated carbocycles. The molecule has 0 aromatic carbocycles.